The number of unbranched alkanes of at least 4 members (excludes halogenated alkanes) is 2. The third-order valence-electron chi connectivity index (χ3n) is 4.42. The second-order valence-corrected chi connectivity index (χ2v) is 9.41. The number of para-hydroxylation sites is 1. The average molecular weight is 496 g/mol. The van der Waals surface area contributed by atoms with Crippen LogP contribution in [-0.4, -0.2) is 25.6 Å². The summed E-state index contributed by atoms with van der Waals surface area (Å²) in [5, 5.41) is 11.7. The van der Waals surface area contributed by atoms with Gasteiger partial charge in [-0.25, -0.2) is 18.6 Å². The summed E-state index contributed by atoms with van der Waals surface area (Å²) in [6.45, 7) is 4.04. The van der Waals surface area contributed by atoms with E-state index < -0.39 is 22.0 Å². The number of rotatable bonds is 12. The normalized spacial score (nSPS) is 12.2. The molecule has 2 rings (SSSR count). The van der Waals surface area contributed by atoms with Gasteiger partial charge in [0.05, 0.1) is 10.9 Å². The minimum atomic E-state index is -3.76. The maximum atomic E-state index is 12.9. The SMILES string of the molecule is C=C(Nc1ccccc1)[C@H](CCCCCC(=O)NO)NS(=O)(=O)c1cccc(Br)c1. The number of hydrogen-bond acceptors (Lipinski definition) is 5. The van der Waals surface area contributed by atoms with Gasteiger partial charge < -0.3 is 5.32 Å². The molecule has 0 aromatic heterocycles. The van der Waals surface area contributed by atoms with Crippen molar-refractivity contribution < 1.29 is 18.4 Å². The fourth-order valence-electron chi connectivity index (χ4n) is 2.85. The van der Waals surface area contributed by atoms with Gasteiger partial charge in [0.1, 0.15) is 0 Å². The molecule has 0 saturated heterocycles. The van der Waals surface area contributed by atoms with Gasteiger partial charge in [-0.15, -0.1) is 0 Å². The molecule has 1 amide bonds. The van der Waals surface area contributed by atoms with Crippen LogP contribution in [0.15, 0.2) is 76.2 Å². The number of halogens is 1. The first-order chi connectivity index (χ1) is 14.3. The monoisotopic (exact) mass is 495 g/mol. The van der Waals surface area contributed by atoms with E-state index in [4.69, 9.17) is 5.21 Å². The molecule has 0 fully saturated rings. The lowest BCUT2D eigenvalue weighted by Crippen LogP contribution is -2.38. The molecular formula is C21H26BrN3O4S. The molecule has 2 aromatic rings. The van der Waals surface area contributed by atoms with E-state index >= 15 is 0 Å². The maximum absolute atomic E-state index is 12.9. The fraction of sp³-hybridized carbons (Fsp3) is 0.286. The lowest BCUT2D eigenvalue weighted by molar-refractivity contribution is -0.129. The van der Waals surface area contributed by atoms with Crippen LogP contribution in [0.4, 0.5) is 5.69 Å². The summed E-state index contributed by atoms with van der Waals surface area (Å²) in [4.78, 5) is 11.3. The van der Waals surface area contributed by atoms with E-state index in [9.17, 15) is 13.2 Å². The molecule has 0 bridgehead atoms. The van der Waals surface area contributed by atoms with Crippen molar-refractivity contribution in [3.63, 3.8) is 0 Å². The molecular weight excluding hydrogens is 470 g/mol. The van der Waals surface area contributed by atoms with Gasteiger partial charge in [-0.1, -0.05) is 59.6 Å². The third kappa shape index (κ3) is 7.91. The van der Waals surface area contributed by atoms with Gasteiger partial charge in [-0.05, 0) is 43.2 Å². The van der Waals surface area contributed by atoms with E-state index in [1.165, 1.54) is 6.07 Å². The van der Waals surface area contributed by atoms with Crippen LogP contribution < -0.4 is 15.5 Å². The molecule has 162 valence electrons. The van der Waals surface area contributed by atoms with E-state index in [1.54, 1.807) is 23.7 Å². The lowest BCUT2D eigenvalue weighted by Gasteiger charge is -2.22. The van der Waals surface area contributed by atoms with Crippen LogP contribution in [0, 0.1) is 0 Å². The second kappa shape index (κ2) is 11.8. The number of amides is 1. The van der Waals surface area contributed by atoms with Crippen molar-refractivity contribution in [2.24, 2.45) is 0 Å². The largest absolute Gasteiger partial charge is 0.358 e. The summed E-state index contributed by atoms with van der Waals surface area (Å²) in [5.41, 5.74) is 2.95. The van der Waals surface area contributed by atoms with Gasteiger partial charge in [-0.2, -0.15) is 0 Å². The number of benzene rings is 2. The molecule has 1 atom stereocenters. The molecule has 9 heteroatoms. The predicted octanol–water partition coefficient (Wildman–Crippen LogP) is 4.18. The minimum absolute atomic E-state index is 0.161. The molecule has 30 heavy (non-hydrogen) atoms. The molecule has 0 saturated carbocycles. The van der Waals surface area contributed by atoms with E-state index in [0.717, 1.165) is 5.69 Å². The number of anilines is 1. The van der Waals surface area contributed by atoms with Crippen molar-refractivity contribution in [3.05, 3.63) is 71.3 Å². The van der Waals surface area contributed by atoms with E-state index in [1.807, 2.05) is 30.3 Å². The first kappa shape index (κ1) is 24.1. The molecule has 0 spiro atoms. The van der Waals surface area contributed by atoms with E-state index in [0.29, 0.717) is 35.9 Å². The standard InChI is InChI=1S/C21H26BrN3O4S/c1-16(23-18-10-4-2-5-11-18)20(13-6-3-7-14-21(26)24-27)25-30(28,29)19-12-8-9-17(22)15-19/h2,4-5,8-12,15,20,23,25,27H,1,3,6-7,13-14H2,(H,24,26)/t20-/m0/s1. The summed E-state index contributed by atoms with van der Waals surface area (Å²) < 4.78 is 29.2. The Kier molecular flexibility index (Phi) is 9.51. The quantitative estimate of drug-likeness (QED) is 0.200. The number of carbonyl (C=O) groups excluding carboxylic acids is 1. The topological polar surface area (TPSA) is 108 Å². The zero-order valence-corrected chi connectivity index (χ0v) is 18.9. The Hall–Kier alpha value is -2.20. The van der Waals surface area contributed by atoms with Crippen LogP contribution in [0.25, 0.3) is 0 Å². The summed E-state index contributed by atoms with van der Waals surface area (Å²) in [6, 6.07) is 15.4. The Balaban J connectivity index is 2.07. The van der Waals surface area contributed by atoms with E-state index in [-0.39, 0.29) is 11.3 Å². The Morgan fingerprint density at radius 2 is 1.80 bits per heavy atom. The second-order valence-electron chi connectivity index (χ2n) is 6.78. The summed E-state index contributed by atoms with van der Waals surface area (Å²) in [7, 11) is -3.76. The first-order valence-corrected chi connectivity index (χ1v) is 11.8. The summed E-state index contributed by atoms with van der Waals surface area (Å²) in [5.74, 6) is -0.433. The van der Waals surface area contributed by atoms with Gasteiger partial charge in [0.25, 0.3) is 0 Å². The highest BCUT2D eigenvalue weighted by atomic mass is 79.9. The number of hydroxylamine groups is 1. The zero-order chi connectivity index (χ0) is 22.0. The predicted molar refractivity (Wildman–Crippen MR) is 120 cm³/mol. The summed E-state index contributed by atoms with van der Waals surface area (Å²) in [6.07, 6.45) is 2.71. The highest BCUT2D eigenvalue weighted by molar-refractivity contribution is 9.10. The van der Waals surface area contributed by atoms with Gasteiger partial charge in [0.15, 0.2) is 0 Å². The Bertz CT molecular complexity index is 952. The number of hydrogen-bond donors (Lipinski definition) is 4. The van der Waals surface area contributed by atoms with Crippen LogP contribution in [0.5, 0.6) is 0 Å². The molecule has 2 aromatic carbocycles. The Labute approximate surface area is 185 Å². The van der Waals surface area contributed by atoms with Gasteiger partial charge in [0.2, 0.25) is 15.9 Å². The van der Waals surface area contributed by atoms with Crippen LogP contribution in [-0.2, 0) is 14.8 Å². The molecule has 4 N–H and O–H groups in total. The Morgan fingerprint density at radius 3 is 2.47 bits per heavy atom. The van der Waals surface area contributed by atoms with Crippen molar-refractivity contribution >= 4 is 37.5 Å². The molecule has 0 aliphatic heterocycles. The zero-order valence-electron chi connectivity index (χ0n) is 16.5. The fourth-order valence-corrected chi connectivity index (χ4v) is 4.72. The van der Waals surface area contributed by atoms with Gasteiger partial charge in [-0.3, -0.25) is 10.0 Å². The van der Waals surface area contributed by atoms with Crippen molar-refractivity contribution in [2.75, 3.05) is 5.32 Å². The van der Waals surface area contributed by atoms with Gasteiger partial charge in [0, 0.05) is 22.3 Å². The van der Waals surface area contributed by atoms with Crippen LogP contribution >= 0.6 is 15.9 Å². The van der Waals surface area contributed by atoms with Crippen molar-refractivity contribution in [3.8, 4) is 0 Å². The van der Waals surface area contributed by atoms with Crippen molar-refractivity contribution in [2.45, 2.75) is 43.0 Å². The van der Waals surface area contributed by atoms with Gasteiger partial charge >= 0.3 is 0 Å². The lowest BCUT2D eigenvalue weighted by atomic mass is 10.1. The van der Waals surface area contributed by atoms with Crippen LogP contribution in [0.3, 0.4) is 0 Å². The molecule has 0 unspecified atom stereocenters. The smallest absolute Gasteiger partial charge is 0.243 e. The molecule has 0 aliphatic carbocycles. The summed E-state index contributed by atoms with van der Waals surface area (Å²) >= 11 is 3.30. The third-order valence-corrected chi connectivity index (χ3v) is 6.39. The molecule has 0 heterocycles. The molecule has 0 aliphatic rings. The Morgan fingerprint density at radius 1 is 1.07 bits per heavy atom. The molecule has 0 radical (unpaired) electrons. The van der Waals surface area contributed by atoms with E-state index in [2.05, 4.69) is 32.5 Å². The highest BCUT2D eigenvalue weighted by Gasteiger charge is 2.22. The minimum Gasteiger partial charge on any atom is -0.358 e. The number of carbonyl (C=O) groups is 1. The average Bonchev–Trinajstić information content (AvgIpc) is 2.73. The number of sulfonamides is 1. The first-order valence-electron chi connectivity index (χ1n) is 9.53. The van der Waals surface area contributed by atoms with Crippen LogP contribution in [0.2, 0.25) is 0 Å². The van der Waals surface area contributed by atoms with Crippen molar-refractivity contribution in [1.29, 1.82) is 0 Å². The number of nitrogens with one attached hydrogen (secondary N) is 3. The van der Waals surface area contributed by atoms with Crippen molar-refractivity contribution in [1.82, 2.24) is 10.2 Å². The maximum Gasteiger partial charge on any atom is 0.243 e. The highest BCUT2D eigenvalue weighted by Crippen LogP contribution is 2.20. The molecule has 7 nitrogen and oxygen atoms in total. The van der Waals surface area contributed by atoms with Crippen LogP contribution in [0.1, 0.15) is 32.1 Å².